The van der Waals surface area contributed by atoms with Crippen LogP contribution < -0.4 is 21.3 Å². The fraction of sp³-hybridized carbons (Fsp3) is 0.394. The number of benzene rings is 2. The zero-order valence-electron chi connectivity index (χ0n) is 26.5. The molecule has 2 aromatic carbocycles. The Hall–Kier alpha value is -5.00. The Balaban J connectivity index is 1.59. The first-order chi connectivity index (χ1) is 21.3. The van der Waals surface area contributed by atoms with Crippen LogP contribution in [0.3, 0.4) is 0 Å². The van der Waals surface area contributed by atoms with Gasteiger partial charge in [-0.2, -0.15) is 0 Å². The summed E-state index contributed by atoms with van der Waals surface area (Å²) in [4.78, 5) is 58.9. The molecule has 0 fully saturated rings. The van der Waals surface area contributed by atoms with Gasteiger partial charge in [0.25, 0.3) is 0 Å². The molecule has 2 aromatic heterocycles. The van der Waals surface area contributed by atoms with Crippen LogP contribution in [0.25, 0.3) is 21.8 Å². The number of rotatable bonds is 11. The number of alkyl carbamates (subject to hydrolysis) is 2. The number of hydrogen-bond acceptors (Lipinski definition) is 6. The predicted octanol–water partition coefficient (Wildman–Crippen LogP) is 4.41. The SMILES string of the molecule is CCOC(=O)N[C@H](Cc1c[nH]c2ccccc12)NC(=O)[C@@H](Cc1c[nH]c2ccccc12)NC(=O)C(C)(C)NC(=O)OC(C)(C)C. The number of carbonyl (C=O) groups is 4. The van der Waals surface area contributed by atoms with E-state index >= 15 is 0 Å². The van der Waals surface area contributed by atoms with Crippen molar-refractivity contribution in [3.63, 3.8) is 0 Å². The highest BCUT2D eigenvalue weighted by molar-refractivity contribution is 5.94. The van der Waals surface area contributed by atoms with Crippen LogP contribution in [0.15, 0.2) is 60.9 Å². The van der Waals surface area contributed by atoms with Gasteiger partial charge < -0.3 is 40.7 Å². The smallest absolute Gasteiger partial charge is 0.408 e. The number of fused-ring (bicyclic) bond motifs is 2. The van der Waals surface area contributed by atoms with E-state index in [4.69, 9.17) is 9.47 Å². The molecule has 0 bridgehead atoms. The van der Waals surface area contributed by atoms with E-state index in [-0.39, 0.29) is 19.4 Å². The molecule has 12 nitrogen and oxygen atoms in total. The monoisotopic (exact) mass is 618 g/mol. The van der Waals surface area contributed by atoms with E-state index in [9.17, 15) is 19.2 Å². The number of aromatic amines is 2. The van der Waals surface area contributed by atoms with Crippen LogP contribution in [-0.2, 0) is 31.9 Å². The van der Waals surface area contributed by atoms with Crippen LogP contribution in [0.4, 0.5) is 9.59 Å². The summed E-state index contributed by atoms with van der Waals surface area (Å²) in [7, 11) is 0. The average molecular weight is 619 g/mol. The van der Waals surface area contributed by atoms with Gasteiger partial charge in [-0.1, -0.05) is 36.4 Å². The summed E-state index contributed by atoms with van der Waals surface area (Å²) < 4.78 is 10.4. The van der Waals surface area contributed by atoms with Crippen LogP contribution in [0.5, 0.6) is 0 Å². The van der Waals surface area contributed by atoms with Gasteiger partial charge in [0.15, 0.2) is 0 Å². The van der Waals surface area contributed by atoms with Crippen molar-refractivity contribution in [2.24, 2.45) is 0 Å². The Bertz CT molecular complexity index is 1670. The third-order valence-corrected chi connectivity index (χ3v) is 7.08. The Morgan fingerprint density at radius 1 is 0.756 bits per heavy atom. The maximum atomic E-state index is 14.0. The van der Waals surface area contributed by atoms with Crippen molar-refractivity contribution in [2.45, 2.75) is 77.7 Å². The van der Waals surface area contributed by atoms with E-state index in [1.807, 2.05) is 54.7 Å². The zero-order valence-corrected chi connectivity index (χ0v) is 26.5. The molecule has 2 atom stereocenters. The molecule has 45 heavy (non-hydrogen) atoms. The largest absolute Gasteiger partial charge is 0.450 e. The second-order valence-corrected chi connectivity index (χ2v) is 12.3. The molecule has 4 aromatic rings. The lowest BCUT2D eigenvalue weighted by atomic mass is 10.0. The van der Waals surface area contributed by atoms with Crippen molar-refractivity contribution in [3.8, 4) is 0 Å². The molecule has 0 aliphatic rings. The Kier molecular flexibility index (Phi) is 10.1. The van der Waals surface area contributed by atoms with Gasteiger partial charge in [-0.3, -0.25) is 9.59 Å². The highest BCUT2D eigenvalue weighted by Crippen LogP contribution is 2.21. The van der Waals surface area contributed by atoms with Gasteiger partial charge in [-0.25, -0.2) is 9.59 Å². The van der Waals surface area contributed by atoms with Crippen molar-refractivity contribution < 1.29 is 28.7 Å². The van der Waals surface area contributed by atoms with Crippen molar-refractivity contribution in [3.05, 3.63) is 72.1 Å². The highest BCUT2D eigenvalue weighted by Gasteiger charge is 2.35. The van der Waals surface area contributed by atoms with Crippen LogP contribution in [-0.4, -0.2) is 63.9 Å². The number of nitrogens with one attached hydrogen (secondary N) is 6. The maximum Gasteiger partial charge on any atom is 0.408 e. The molecule has 0 radical (unpaired) electrons. The van der Waals surface area contributed by atoms with Gasteiger partial charge >= 0.3 is 12.2 Å². The van der Waals surface area contributed by atoms with Gasteiger partial charge in [0.05, 0.1) is 6.61 Å². The maximum absolute atomic E-state index is 14.0. The number of hydrogen-bond donors (Lipinski definition) is 6. The van der Waals surface area contributed by atoms with Gasteiger partial charge in [0.2, 0.25) is 11.8 Å². The molecule has 0 unspecified atom stereocenters. The lowest BCUT2D eigenvalue weighted by molar-refractivity contribution is -0.132. The summed E-state index contributed by atoms with van der Waals surface area (Å²) in [6.07, 6.45) is 1.66. The third-order valence-electron chi connectivity index (χ3n) is 7.08. The normalized spacial score (nSPS) is 13.1. The fourth-order valence-corrected chi connectivity index (χ4v) is 4.93. The number of amides is 4. The topological polar surface area (TPSA) is 166 Å². The molecule has 6 N–H and O–H groups in total. The first kappa shape index (κ1) is 32.9. The minimum atomic E-state index is -1.42. The molecule has 4 rings (SSSR count). The molecule has 0 aliphatic carbocycles. The standard InChI is InChI=1S/C33H42N6O6/c1-7-44-30(42)38-27(17-21-19-35-25-15-11-9-13-23(21)25)37-28(40)26(16-20-18-34-24-14-10-8-12-22(20)24)36-29(41)33(5,6)39-31(43)45-32(2,3)4/h8-15,18-19,26-27,34-35H,7,16-17H2,1-6H3,(H,36,41)(H,37,40)(H,38,42)(H,39,43)/t26-,27-/m1/s1. The number of aromatic nitrogens is 2. The minimum Gasteiger partial charge on any atom is -0.450 e. The number of H-pyrrole nitrogens is 2. The van der Waals surface area contributed by atoms with Crippen LogP contribution in [0.2, 0.25) is 0 Å². The Morgan fingerprint density at radius 3 is 1.87 bits per heavy atom. The molecule has 12 heteroatoms. The molecular weight excluding hydrogens is 576 g/mol. The first-order valence-electron chi connectivity index (χ1n) is 14.9. The van der Waals surface area contributed by atoms with E-state index < -0.39 is 47.3 Å². The summed E-state index contributed by atoms with van der Waals surface area (Å²) in [6.45, 7) is 10.0. The summed E-state index contributed by atoms with van der Waals surface area (Å²) in [5.41, 5.74) is 1.28. The summed E-state index contributed by atoms with van der Waals surface area (Å²) in [5, 5.41) is 12.9. The molecular formula is C33H42N6O6. The summed E-state index contributed by atoms with van der Waals surface area (Å²) in [6, 6.07) is 14.3. The minimum absolute atomic E-state index is 0.128. The van der Waals surface area contributed by atoms with Crippen molar-refractivity contribution in [1.29, 1.82) is 0 Å². The van der Waals surface area contributed by atoms with E-state index in [1.54, 1.807) is 33.9 Å². The highest BCUT2D eigenvalue weighted by atomic mass is 16.6. The van der Waals surface area contributed by atoms with Gasteiger partial charge in [-0.15, -0.1) is 0 Å². The van der Waals surface area contributed by atoms with E-state index in [0.29, 0.717) is 0 Å². The van der Waals surface area contributed by atoms with Crippen LogP contribution in [0, 0.1) is 0 Å². The van der Waals surface area contributed by atoms with E-state index in [1.165, 1.54) is 13.8 Å². The van der Waals surface area contributed by atoms with Crippen molar-refractivity contribution >= 4 is 45.8 Å². The Morgan fingerprint density at radius 2 is 1.31 bits per heavy atom. The average Bonchev–Trinajstić information content (AvgIpc) is 3.55. The van der Waals surface area contributed by atoms with E-state index in [2.05, 4.69) is 31.2 Å². The number of para-hydroxylation sites is 2. The molecule has 2 heterocycles. The third kappa shape index (κ3) is 8.78. The second-order valence-electron chi connectivity index (χ2n) is 12.3. The quantitative estimate of drug-likeness (QED) is 0.136. The zero-order chi connectivity index (χ0) is 32.8. The van der Waals surface area contributed by atoms with Crippen molar-refractivity contribution in [2.75, 3.05) is 6.61 Å². The van der Waals surface area contributed by atoms with Gasteiger partial charge in [0.1, 0.15) is 23.3 Å². The van der Waals surface area contributed by atoms with Gasteiger partial charge in [-0.05, 0) is 64.8 Å². The lowest BCUT2D eigenvalue weighted by Crippen LogP contribution is -2.61. The second kappa shape index (κ2) is 13.7. The van der Waals surface area contributed by atoms with Crippen molar-refractivity contribution in [1.82, 2.24) is 31.2 Å². The van der Waals surface area contributed by atoms with E-state index in [0.717, 1.165) is 32.9 Å². The summed E-state index contributed by atoms with van der Waals surface area (Å²) in [5.74, 6) is -1.14. The fourth-order valence-electron chi connectivity index (χ4n) is 4.93. The molecule has 4 amide bonds. The molecule has 0 aliphatic heterocycles. The number of carbonyl (C=O) groups excluding carboxylic acids is 4. The number of ether oxygens (including phenoxy) is 2. The molecule has 0 spiro atoms. The van der Waals surface area contributed by atoms with Gasteiger partial charge in [0, 0.05) is 47.0 Å². The predicted molar refractivity (Wildman–Crippen MR) is 171 cm³/mol. The molecule has 0 saturated carbocycles. The summed E-state index contributed by atoms with van der Waals surface area (Å²) >= 11 is 0. The Labute approximate surface area is 262 Å². The van der Waals surface area contributed by atoms with Crippen LogP contribution in [0.1, 0.15) is 52.7 Å². The van der Waals surface area contributed by atoms with Crippen LogP contribution >= 0.6 is 0 Å². The lowest BCUT2D eigenvalue weighted by Gasteiger charge is -2.30. The first-order valence-corrected chi connectivity index (χ1v) is 14.9. The molecule has 0 saturated heterocycles. The molecule has 240 valence electrons.